The monoisotopic (exact) mass is 434 g/mol. The van der Waals surface area contributed by atoms with Crippen LogP contribution in [-0.2, 0) is 4.79 Å². The van der Waals surface area contributed by atoms with Crippen molar-refractivity contribution < 1.29 is 19.1 Å². The quantitative estimate of drug-likeness (QED) is 0.458. The second-order valence-electron chi connectivity index (χ2n) is 5.46. The van der Waals surface area contributed by atoms with Crippen molar-refractivity contribution in [3.8, 4) is 11.5 Å². The summed E-state index contributed by atoms with van der Waals surface area (Å²) in [6, 6.07) is 9.96. The number of amides is 3. The molecule has 0 aliphatic rings. The minimum atomic E-state index is -0.770. The van der Waals surface area contributed by atoms with Gasteiger partial charge in [-0.05, 0) is 47.1 Å². The van der Waals surface area contributed by atoms with E-state index in [-0.39, 0.29) is 12.5 Å². The maximum Gasteiger partial charge on any atom is 0.332 e. The Balaban J connectivity index is 2.03. The minimum Gasteiger partial charge on any atom is -0.493 e. The number of hydrogen-bond acceptors (Lipinski definition) is 5. The smallest absolute Gasteiger partial charge is 0.332 e. The Bertz CT molecular complexity index is 853. The Morgan fingerprint density at radius 3 is 2.56 bits per heavy atom. The van der Waals surface area contributed by atoms with Crippen LogP contribution in [0.5, 0.6) is 11.5 Å². The van der Waals surface area contributed by atoms with Gasteiger partial charge in [-0.25, -0.2) is 10.2 Å². The van der Waals surface area contributed by atoms with Crippen molar-refractivity contribution in [2.75, 3.05) is 19.0 Å². The lowest BCUT2D eigenvalue weighted by atomic mass is 10.2. The molecule has 0 aromatic heterocycles. The normalized spacial score (nSPS) is 10.5. The number of hydrogen-bond donors (Lipinski definition) is 3. The van der Waals surface area contributed by atoms with Crippen LogP contribution >= 0.6 is 15.9 Å². The number of aryl methyl sites for hydroxylation is 1. The fraction of sp³-hybridized carbons (Fsp3) is 0.167. The highest BCUT2D eigenvalue weighted by molar-refractivity contribution is 9.10. The van der Waals surface area contributed by atoms with Crippen LogP contribution < -0.4 is 25.9 Å². The third kappa shape index (κ3) is 6.30. The van der Waals surface area contributed by atoms with Gasteiger partial charge in [0.25, 0.3) is 5.91 Å². The molecule has 0 aliphatic heterocycles. The Morgan fingerprint density at radius 1 is 1.22 bits per heavy atom. The number of hydrazone groups is 1. The van der Waals surface area contributed by atoms with E-state index in [1.807, 2.05) is 31.2 Å². The molecule has 2 rings (SSSR count). The van der Waals surface area contributed by atoms with Gasteiger partial charge in [0.2, 0.25) is 0 Å². The zero-order chi connectivity index (χ0) is 19.8. The summed E-state index contributed by atoms with van der Waals surface area (Å²) in [6.45, 7) is 1.78. The van der Waals surface area contributed by atoms with E-state index in [1.54, 1.807) is 12.1 Å². The molecule has 0 aliphatic carbocycles. The molecule has 0 saturated carbocycles. The summed E-state index contributed by atoms with van der Waals surface area (Å²) < 4.78 is 11.5. The van der Waals surface area contributed by atoms with E-state index in [4.69, 9.17) is 15.2 Å². The summed E-state index contributed by atoms with van der Waals surface area (Å²) in [4.78, 5) is 22.7. The van der Waals surface area contributed by atoms with Gasteiger partial charge < -0.3 is 20.5 Å². The predicted molar refractivity (Wildman–Crippen MR) is 106 cm³/mol. The molecule has 0 heterocycles. The van der Waals surface area contributed by atoms with Crippen LogP contribution in [0.1, 0.15) is 11.1 Å². The van der Waals surface area contributed by atoms with Crippen LogP contribution in [-0.4, -0.2) is 31.9 Å². The third-order valence-corrected chi connectivity index (χ3v) is 4.04. The SMILES string of the molecule is COc1cc(C=NNC(N)=O)c(Br)cc1OCC(=O)Nc1ccc(C)cc1. The van der Waals surface area contributed by atoms with Crippen molar-refractivity contribution in [3.05, 3.63) is 52.0 Å². The van der Waals surface area contributed by atoms with Crippen LogP contribution in [0.2, 0.25) is 0 Å². The van der Waals surface area contributed by atoms with Gasteiger partial charge in [0, 0.05) is 15.7 Å². The number of urea groups is 1. The molecule has 27 heavy (non-hydrogen) atoms. The average Bonchev–Trinajstić information content (AvgIpc) is 2.63. The largest absolute Gasteiger partial charge is 0.493 e. The van der Waals surface area contributed by atoms with Crippen molar-refractivity contribution in [3.63, 3.8) is 0 Å². The van der Waals surface area contributed by atoms with Gasteiger partial charge in [-0.3, -0.25) is 4.79 Å². The Morgan fingerprint density at radius 2 is 1.93 bits per heavy atom. The number of nitrogens with two attached hydrogens (primary N) is 1. The fourth-order valence-corrected chi connectivity index (χ4v) is 2.49. The van der Waals surface area contributed by atoms with E-state index in [0.29, 0.717) is 27.2 Å². The molecular formula is C18H19BrN4O4. The van der Waals surface area contributed by atoms with E-state index < -0.39 is 6.03 Å². The first kappa shape index (κ1) is 20.2. The van der Waals surface area contributed by atoms with Crippen molar-refractivity contribution >= 4 is 39.8 Å². The number of rotatable bonds is 7. The number of nitrogens with one attached hydrogen (secondary N) is 2. The zero-order valence-corrected chi connectivity index (χ0v) is 16.4. The van der Waals surface area contributed by atoms with Crippen molar-refractivity contribution in [2.24, 2.45) is 10.8 Å². The van der Waals surface area contributed by atoms with Gasteiger partial charge in [0.1, 0.15) is 0 Å². The molecule has 2 aromatic carbocycles. The highest BCUT2D eigenvalue weighted by atomic mass is 79.9. The van der Waals surface area contributed by atoms with E-state index >= 15 is 0 Å². The highest BCUT2D eigenvalue weighted by Crippen LogP contribution is 2.33. The molecule has 2 aromatic rings. The van der Waals surface area contributed by atoms with Crippen molar-refractivity contribution in [2.45, 2.75) is 6.92 Å². The number of carbonyl (C=O) groups excluding carboxylic acids is 2. The third-order valence-electron chi connectivity index (χ3n) is 3.36. The van der Waals surface area contributed by atoms with Crippen molar-refractivity contribution in [1.29, 1.82) is 0 Å². The zero-order valence-electron chi connectivity index (χ0n) is 14.8. The summed E-state index contributed by atoms with van der Waals surface area (Å²) in [5.74, 6) is 0.485. The average molecular weight is 435 g/mol. The number of methoxy groups -OCH3 is 1. The Hall–Kier alpha value is -3.07. The lowest BCUT2D eigenvalue weighted by Gasteiger charge is -2.13. The summed E-state index contributed by atoms with van der Waals surface area (Å²) in [7, 11) is 1.48. The second kappa shape index (κ2) is 9.58. The van der Waals surface area contributed by atoms with E-state index in [1.165, 1.54) is 13.3 Å². The Kier molecular flexibility index (Phi) is 7.18. The van der Waals surface area contributed by atoms with Crippen LogP contribution in [0, 0.1) is 6.92 Å². The van der Waals surface area contributed by atoms with Gasteiger partial charge in [-0.15, -0.1) is 0 Å². The molecule has 9 heteroatoms. The lowest BCUT2D eigenvalue weighted by molar-refractivity contribution is -0.118. The summed E-state index contributed by atoms with van der Waals surface area (Å²) >= 11 is 3.37. The summed E-state index contributed by atoms with van der Waals surface area (Å²) in [5, 5.41) is 6.45. The molecule has 3 amide bonds. The van der Waals surface area contributed by atoms with Gasteiger partial charge in [0.05, 0.1) is 13.3 Å². The summed E-state index contributed by atoms with van der Waals surface area (Å²) in [5.41, 5.74) is 9.47. The second-order valence-corrected chi connectivity index (χ2v) is 6.32. The molecule has 0 spiro atoms. The number of halogens is 1. The molecule has 0 bridgehead atoms. The topological polar surface area (TPSA) is 115 Å². The number of benzene rings is 2. The van der Waals surface area contributed by atoms with Crippen molar-refractivity contribution in [1.82, 2.24) is 5.43 Å². The molecule has 0 fully saturated rings. The molecule has 0 atom stereocenters. The molecule has 0 unspecified atom stereocenters. The molecule has 8 nitrogen and oxygen atoms in total. The molecule has 0 saturated heterocycles. The van der Waals surface area contributed by atoms with Gasteiger partial charge in [-0.1, -0.05) is 17.7 Å². The van der Waals surface area contributed by atoms with E-state index in [2.05, 4.69) is 31.8 Å². The standard InChI is InChI=1S/C18H19BrN4O4/c1-11-3-5-13(6-4-11)22-17(24)10-27-16-8-14(19)12(7-15(16)26-2)9-21-23-18(20)25/h3-9H,10H2,1-2H3,(H,22,24)(H3,20,23,25). The predicted octanol–water partition coefficient (Wildman–Crippen LogP) is 2.79. The van der Waals surface area contributed by atoms with Gasteiger partial charge >= 0.3 is 6.03 Å². The van der Waals surface area contributed by atoms with Crippen LogP contribution in [0.15, 0.2) is 46.0 Å². The summed E-state index contributed by atoms with van der Waals surface area (Å²) in [6.07, 6.45) is 1.39. The fourth-order valence-electron chi connectivity index (χ4n) is 2.06. The minimum absolute atomic E-state index is 0.187. The van der Waals surface area contributed by atoms with Crippen LogP contribution in [0.3, 0.4) is 0 Å². The van der Waals surface area contributed by atoms with E-state index in [9.17, 15) is 9.59 Å². The number of carbonyl (C=O) groups is 2. The van der Waals surface area contributed by atoms with Gasteiger partial charge in [-0.2, -0.15) is 5.10 Å². The molecule has 4 N–H and O–H groups in total. The van der Waals surface area contributed by atoms with Crippen LogP contribution in [0.25, 0.3) is 0 Å². The number of anilines is 1. The maximum atomic E-state index is 12.1. The first-order valence-corrected chi connectivity index (χ1v) is 8.63. The highest BCUT2D eigenvalue weighted by Gasteiger charge is 2.12. The molecular weight excluding hydrogens is 416 g/mol. The van der Waals surface area contributed by atoms with Crippen LogP contribution in [0.4, 0.5) is 10.5 Å². The first-order valence-electron chi connectivity index (χ1n) is 7.84. The van der Waals surface area contributed by atoms with Gasteiger partial charge in [0.15, 0.2) is 18.1 Å². The lowest BCUT2D eigenvalue weighted by Crippen LogP contribution is -2.24. The molecule has 142 valence electrons. The maximum absolute atomic E-state index is 12.1. The molecule has 0 radical (unpaired) electrons. The Labute approximate surface area is 164 Å². The number of ether oxygens (including phenoxy) is 2. The first-order chi connectivity index (χ1) is 12.9. The number of primary amides is 1. The van der Waals surface area contributed by atoms with E-state index in [0.717, 1.165) is 5.56 Å². The number of nitrogens with zero attached hydrogens (tertiary/aromatic N) is 1.